The second kappa shape index (κ2) is 7.40. The highest BCUT2D eigenvalue weighted by Crippen LogP contribution is 2.42. The van der Waals surface area contributed by atoms with Crippen LogP contribution >= 0.6 is 0 Å². The first-order valence-corrected chi connectivity index (χ1v) is 9.30. The number of anilines is 1. The van der Waals surface area contributed by atoms with Gasteiger partial charge in [0.1, 0.15) is 5.82 Å². The molecule has 2 fully saturated rings. The summed E-state index contributed by atoms with van der Waals surface area (Å²) in [6.07, 6.45) is 5.69. The number of aromatic nitrogens is 2. The minimum absolute atomic E-state index is 0.00756. The highest BCUT2D eigenvalue weighted by Gasteiger charge is 2.38. The Kier molecular flexibility index (Phi) is 4.82. The van der Waals surface area contributed by atoms with Crippen molar-refractivity contribution in [3.05, 3.63) is 54.0 Å². The van der Waals surface area contributed by atoms with E-state index in [4.69, 9.17) is 0 Å². The largest absolute Gasteiger partial charge is 0.354 e. The van der Waals surface area contributed by atoms with Crippen molar-refractivity contribution in [2.45, 2.75) is 37.6 Å². The number of nitrogens with one attached hydrogen (secondary N) is 1. The number of carbonyl (C=O) groups excluding carboxylic acids is 1. The van der Waals surface area contributed by atoms with Crippen LogP contribution in [0, 0.1) is 11.7 Å². The lowest BCUT2D eigenvalue weighted by atomic mass is 9.69. The molecule has 0 radical (unpaired) electrons. The minimum Gasteiger partial charge on any atom is -0.354 e. The zero-order chi connectivity index (χ0) is 17.9. The Labute approximate surface area is 152 Å². The summed E-state index contributed by atoms with van der Waals surface area (Å²) in [5.74, 6) is 0.940. The Balaban J connectivity index is 1.34. The van der Waals surface area contributed by atoms with Crippen LogP contribution in [0.3, 0.4) is 0 Å². The van der Waals surface area contributed by atoms with Gasteiger partial charge >= 0.3 is 0 Å². The monoisotopic (exact) mass is 354 g/mol. The van der Waals surface area contributed by atoms with Gasteiger partial charge in [-0.2, -0.15) is 5.10 Å². The second-order valence-corrected chi connectivity index (χ2v) is 7.16. The number of nitrogens with zero attached hydrogens (tertiary/aromatic N) is 3. The van der Waals surface area contributed by atoms with E-state index < -0.39 is 0 Å². The van der Waals surface area contributed by atoms with Crippen LogP contribution in [0.2, 0.25) is 0 Å². The average molecular weight is 354 g/mol. The van der Waals surface area contributed by atoms with E-state index in [9.17, 15) is 9.18 Å². The molecule has 0 bridgehead atoms. The lowest BCUT2D eigenvalue weighted by Gasteiger charge is -2.36. The van der Waals surface area contributed by atoms with E-state index in [0.717, 1.165) is 43.6 Å². The van der Waals surface area contributed by atoms with Crippen LogP contribution in [0.5, 0.6) is 0 Å². The molecule has 0 spiro atoms. The molecule has 1 N–H and O–H groups in total. The first-order valence-electron chi connectivity index (χ1n) is 9.30. The van der Waals surface area contributed by atoms with Gasteiger partial charge in [0.05, 0.1) is 0 Å². The van der Waals surface area contributed by atoms with Crippen molar-refractivity contribution in [1.82, 2.24) is 15.5 Å². The van der Waals surface area contributed by atoms with Crippen molar-refractivity contribution < 1.29 is 9.18 Å². The quantitative estimate of drug-likeness (QED) is 0.897. The molecule has 1 amide bonds. The van der Waals surface area contributed by atoms with Gasteiger partial charge in [0, 0.05) is 31.2 Å². The van der Waals surface area contributed by atoms with Gasteiger partial charge in [0.25, 0.3) is 0 Å². The molecule has 6 heteroatoms. The third-order valence-corrected chi connectivity index (χ3v) is 5.65. The van der Waals surface area contributed by atoms with Crippen LogP contribution in [0.1, 0.15) is 37.2 Å². The number of halogens is 1. The van der Waals surface area contributed by atoms with E-state index in [1.165, 1.54) is 12.1 Å². The summed E-state index contributed by atoms with van der Waals surface area (Å²) in [6.45, 7) is 1.57. The first-order chi connectivity index (χ1) is 12.7. The number of amides is 1. The number of hydrogen-bond acceptors (Lipinski definition) is 4. The molecular weight excluding hydrogens is 331 g/mol. The second-order valence-electron chi connectivity index (χ2n) is 7.16. The third kappa shape index (κ3) is 3.41. The summed E-state index contributed by atoms with van der Waals surface area (Å²) in [5.41, 5.74) is 1.06. The molecule has 26 heavy (non-hydrogen) atoms. The Bertz CT molecular complexity index is 752. The number of rotatable bonds is 5. The normalized spacial score (nSPS) is 25.0. The van der Waals surface area contributed by atoms with Gasteiger partial charge in [-0.3, -0.25) is 4.79 Å². The maximum atomic E-state index is 13.1. The van der Waals surface area contributed by atoms with Gasteiger partial charge in [-0.1, -0.05) is 12.1 Å². The van der Waals surface area contributed by atoms with E-state index in [-0.39, 0.29) is 29.6 Å². The van der Waals surface area contributed by atoms with E-state index in [0.29, 0.717) is 6.54 Å². The summed E-state index contributed by atoms with van der Waals surface area (Å²) in [4.78, 5) is 14.9. The summed E-state index contributed by atoms with van der Waals surface area (Å²) in [6, 6.07) is 10.7. The van der Waals surface area contributed by atoms with Gasteiger partial charge < -0.3 is 10.2 Å². The lowest BCUT2D eigenvalue weighted by Crippen LogP contribution is -2.45. The topological polar surface area (TPSA) is 58.1 Å². The lowest BCUT2D eigenvalue weighted by molar-refractivity contribution is -0.128. The molecule has 5 nitrogen and oxygen atoms in total. The molecule has 1 aromatic carbocycles. The van der Waals surface area contributed by atoms with Crippen molar-refractivity contribution in [3.8, 4) is 0 Å². The maximum Gasteiger partial charge on any atom is 0.223 e. The molecule has 2 aliphatic rings. The summed E-state index contributed by atoms with van der Waals surface area (Å²) < 4.78 is 13.1. The van der Waals surface area contributed by atoms with Crippen LogP contribution in [0.25, 0.3) is 0 Å². The zero-order valence-electron chi connectivity index (χ0n) is 14.6. The van der Waals surface area contributed by atoms with Crippen molar-refractivity contribution >= 4 is 11.7 Å². The fourth-order valence-corrected chi connectivity index (χ4v) is 4.07. The van der Waals surface area contributed by atoms with E-state index in [2.05, 4.69) is 20.4 Å². The van der Waals surface area contributed by atoms with Crippen LogP contribution < -0.4 is 10.2 Å². The maximum absolute atomic E-state index is 13.1. The minimum atomic E-state index is -0.237. The van der Waals surface area contributed by atoms with Crippen LogP contribution in [0.15, 0.2) is 42.6 Å². The molecule has 2 heterocycles. The SMILES string of the molecule is O=C(NCC1CCCN1c1cccnn1)C1CCC1c1ccc(F)cc1. The Morgan fingerprint density at radius 3 is 2.73 bits per heavy atom. The molecule has 3 unspecified atom stereocenters. The van der Waals surface area contributed by atoms with Crippen LogP contribution in [0.4, 0.5) is 10.2 Å². The number of hydrogen-bond donors (Lipinski definition) is 1. The Morgan fingerprint density at radius 1 is 1.19 bits per heavy atom. The van der Waals surface area contributed by atoms with Gasteiger partial charge in [-0.05, 0) is 61.4 Å². The molecule has 1 aliphatic heterocycles. The zero-order valence-corrected chi connectivity index (χ0v) is 14.6. The van der Waals surface area contributed by atoms with E-state index in [1.54, 1.807) is 18.3 Å². The molecule has 2 aromatic rings. The summed E-state index contributed by atoms with van der Waals surface area (Å²) >= 11 is 0. The molecule has 1 saturated heterocycles. The molecule has 136 valence electrons. The van der Waals surface area contributed by atoms with Crippen molar-refractivity contribution in [2.24, 2.45) is 5.92 Å². The van der Waals surface area contributed by atoms with Crippen LogP contribution in [-0.2, 0) is 4.79 Å². The highest BCUT2D eigenvalue weighted by atomic mass is 19.1. The van der Waals surface area contributed by atoms with E-state index in [1.807, 2.05) is 12.1 Å². The predicted molar refractivity (Wildman–Crippen MR) is 97.3 cm³/mol. The molecule has 3 atom stereocenters. The van der Waals surface area contributed by atoms with Gasteiger partial charge in [-0.25, -0.2) is 4.39 Å². The van der Waals surface area contributed by atoms with Crippen molar-refractivity contribution in [2.75, 3.05) is 18.0 Å². The first kappa shape index (κ1) is 16.9. The summed E-state index contributed by atoms with van der Waals surface area (Å²) in [7, 11) is 0. The molecule has 1 aliphatic carbocycles. The van der Waals surface area contributed by atoms with Gasteiger partial charge in [-0.15, -0.1) is 5.10 Å². The van der Waals surface area contributed by atoms with Gasteiger partial charge in [0.15, 0.2) is 5.82 Å². The molecule has 4 rings (SSSR count). The van der Waals surface area contributed by atoms with Gasteiger partial charge in [0.2, 0.25) is 5.91 Å². The smallest absolute Gasteiger partial charge is 0.223 e. The number of benzene rings is 1. The Hall–Kier alpha value is -2.50. The average Bonchev–Trinajstić information content (AvgIpc) is 3.10. The number of carbonyl (C=O) groups is 1. The van der Waals surface area contributed by atoms with Crippen molar-refractivity contribution in [1.29, 1.82) is 0 Å². The predicted octanol–water partition coefficient (Wildman–Crippen LogP) is 2.89. The molecular formula is C20H23FN4O. The fourth-order valence-electron chi connectivity index (χ4n) is 4.07. The van der Waals surface area contributed by atoms with E-state index >= 15 is 0 Å². The highest BCUT2D eigenvalue weighted by molar-refractivity contribution is 5.80. The molecule has 1 saturated carbocycles. The van der Waals surface area contributed by atoms with Crippen molar-refractivity contribution in [3.63, 3.8) is 0 Å². The Morgan fingerprint density at radius 2 is 2.04 bits per heavy atom. The molecule has 1 aromatic heterocycles. The third-order valence-electron chi connectivity index (χ3n) is 5.65. The van der Waals surface area contributed by atoms with Crippen LogP contribution in [-0.4, -0.2) is 35.2 Å². The standard InChI is InChI=1S/C20H23FN4O/c21-15-7-5-14(6-8-15)17-9-10-18(17)20(26)22-13-16-3-2-12-25(16)19-4-1-11-23-24-19/h1,4-8,11,16-18H,2-3,9-10,12-13H2,(H,22,26). The summed E-state index contributed by atoms with van der Waals surface area (Å²) in [5, 5.41) is 11.3. The fraction of sp³-hybridized carbons (Fsp3) is 0.450.